The molecule has 0 spiro atoms. The number of rotatable bonds is 3. The second kappa shape index (κ2) is 5.70. The van der Waals surface area contributed by atoms with Crippen LogP contribution in [0, 0.1) is 5.92 Å². The molecular formula is C11H13ClN2O3S2. The van der Waals surface area contributed by atoms with Crippen LogP contribution in [0.1, 0.15) is 6.42 Å². The largest absolute Gasteiger partial charge is 0.324 e. The number of primary sulfonamides is 1. The molecule has 1 unspecified atom stereocenters. The summed E-state index contributed by atoms with van der Waals surface area (Å²) in [6, 6.07) is 3.98. The first kappa shape index (κ1) is 14.6. The molecule has 1 atom stereocenters. The molecule has 0 aliphatic carbocycles. The Bertz CT molecular complexity index is 598. The first-order chi connectivity index (χ1) is 8.88. The topological polar surface area (TPSA) is 89.3 Å². The number of carbonyl (C=O) groups is 1. The van der Waals surface area contributed by atoms with Gasteiger partial charge in [-0.05, 0) is 30.4 Å². The summed E-state index contributed by atoms with van der Waals surface area (Å²) in [7, 11) is -3.81. The van der Waals surface area contributed by atoms with Gasteiger partial charge in [-0.2, -0.15) is 11.8 Å². The van der Waals surface area contributed by atoms with E-state index in [2.05, 4.69) is 5.32 Å². The summed E-state index contributed by atoms with van der Waals surface area (Å²) in [6.45, 7) is 0. The second-order valence-corrected chi connectivity index (χ2v) is 7.35. The van der Waals surface area contributed by atoms with Gasteiger partial charge in [-0.1, -0.05) is 11.6 Å². The molecule has 3 N–H and O–H groups in total. The molecule has 1 fully saturated rings. The van der Waals surface area contributed by atoms with Gasteiger partial charge in [0.2, 0.25) is 15.9 Å². The number of nitrogens with one attached hydrogen (secondary N) is 1. The lowest BCUT2D eigenvalue weighted by molar-refractivity contribution is -0.119. The lowest BCUT2D eigenvalue weighted by Crippen LogP contribution is -2.23. The smallest absolute Gasteiger partial charge is 0.238 e. The van der Waals surface area contributed by atoms with Crippen LogP contribution in [-0.4, -0.2) is 25.8 Å². The van der Waals surface area contributed by atoms with E-state index < -0.39 is 10.0 Å². The monoisotopic (exact) mass is 320 g/mol. The van der Waals surface area contributed by atoms with Gasteiger partial charge in [0.1, 0.15) is 0 Å². The number of benzene rings is 1. The zero-order valence-corrected chi connectivity index (χ0v) is 12.3. The number of sulfonamides is 1. The van der Waals surface area contributed by atoms with Crippen LogP contribution in [0.3, 0.4) is 0 Å². The van der Waals surface area contributed by atoms with Gasteiger partial charge in [-0.3, -0.25) is 4.79 Å². The SMILES string of the molecule is NS(=O)(=O)c1ccc(Cl)c(NC(=O)C2CCSC2)c1. The molecule has 19 heavy (non-hydrogen) atoms. The molecule has 1 amide bonds. The van der Waals surface area contributed by atoms with E-state index in [9.17, 15) is 13.2 Å². The third kappa shape index (κ3) is 3.62. The van der Waals surface area contributed by atoms with E-state index in [0.717, 1.165) is 17.9 Å². The van der Waals surface area contributed by atoms with Crippen LogP contribution >= 0.6 is 23.4 Å². The van der Waals surface area contributed by atoms with Crippen LogP contribution in [0.2, 0.25) is 5.02 Å². The maximum atomic E-state index is 12.0. The molecule has 1 heterocycles. The van der Waals surface area contributed by atoms with Crippen LogP contribution in [-0.2, 0) is 14.8 Å². The van der Waals surface area contributed by atoms with Gasteiger partial charge in [0.15, 0.2) is 0 Å². The molecule has 1 aromatic carbocycles. The number of hydrogen-bond donors (Lipinski definition) is 2. The van der Waals surface area contributed by atoms with E-state index in [1.54, 1.807) is 11.8 Å². The number of anilines is 1. The van der Waals surface area contributed by atoms with Crippen molar-refractivity contribution in [1.29, 1.82) is 0 Å². The molecule has 0 radical (unpaired) electrons. The van der Waals surface area contributed by atoms with Gasteiger partial charge in [0.05, 0.1) is 15.6 Å². The molecule has 0 aromatic heterocycles. The third-order valence-electron chi connectivity index (χ3n) is 2.82. The minimum absolute atomic E-state index is 0.0563. The molecule has 5 nitrogen and oxygen atoms in total. The third-order valence-corrected chi connectivity index (χ3v) is 5.23. The summed E-state index contributed by atoms with van der Waals surface area (Å²) < 4.78 is 22.5. The first-order valence-corrected chi connectivity index (χ1v) is 8.67. The van der Waals surface area contributed by atoms with Crippen molar-refractivity contribution in [3.8, 4) is 0 Å². The maximum absolute atomic E-state index is 12.0. The number of hydrogen-bond acceptors (Lipinski definition) is 4. The molecule has 0 saturated carbocycles. The van der Waals surface area contributed by atoms with Gasteiger partial charge in [0, 0.05) is 11.7 Å². The Hall–Kier alpha value is -0.760. The van der Waals surface area contributed by atoms with Crippen molar-refractivity contribution in [2.24, 2.45) is 11.1 Å². The summed E-state index contributed by atoms with van der Waals surface area (Å²) >= 11 is 7.66. The van der Waals surface area contributed by atoms with Crippen LogP contribution in [0.5, 0.6) is 0 Å². The predicted molar refractivity (Wildman–Crippen MR) is 76.9 cm³/mol. The highest BCUT2D eigenvalue weighted by Crippen LogP contribution is 2.28. The Morgan fingerprint density at radius 3 is 2.79 bits per heavy atom. The molecule has 1 aliphatic rings. The average Bonchev–Trinajstić information content (AvgIpc) is 2.84. The normalized spacial score (nSPS) is 19.4. The summed E-state index contributed by atoms with van der Waals surface area (Å²) in [4.78, 5) is 11.9. The molecule has 104 valence electrons. The van der Waals surface area contributed by atoms with Gasteiger partial charge < -0.3 is 5.32 Å². The van der Waals surface area contributed by atoms with Crippen LogP contribution in [0.4, 0.5) is 5.69 Å². The number of nitrogens with two attached hydrogens (primary N) is 1. The standard InChI is InChI=1S/C11H13ClN2O3S2/c12-9-2-1-8(19(13,16)17)5-10(9)14-11(15)7-3-4-18-6-7/h1-2,5,7H,3-4,6H2,(H,14,15)(H2,13,16,17). The minimum Gasteiger partial charge on any atom is -0.324 e. The van der Waals surface area contributed by atoms with Crippen molar-refractivity contribution in [2.45, 2.75) is 11.3 Å². The summed E-state index contributed by atoms with van der Waals surface area (Å²) in [5.74, 6) is 1.54. The van der Waals surface area contributed by atoms with Crippen molar-refractivity contribution in [3.63, 3.8) is 0 Å². The Labute approximate surface area is 120 Å². The van der Waals surface area contributed by atoms with E-state index in [-0.39, 0.29) is 27.4 Å². The summed E-state index contributed by atoms with van der Waals surface area (Å²) in [6.07, 6.45) is 0.822. The minimum atomic E-state index is -3.81. The Kier molecular flexibility index (Phi) is 4.39. The highest BCUT2D eigenvalue weighted by molar-refractivity contribution is 7.99. The molecule has 2 rings (SSSR count). The maximum Gasteiger partial charge on any atom is 0.238 e. The van der Waals surface area contributed by atoms with Crippen molar-refractivity contribution >= 4 is 45.0 Å². The van der Waals surface area contributed by atoms with Crippen molar-refractivity contribution in [1.82, 2.24) is 0 Å². The molecular weight excluding hydrogens is 308 g/mol. The number of amides is 1. The van der Waals surface area contributed by atoms with Crippen LogP contribution in [0.25, 0.3) is 0 Å². The fourth-order valence-corrected chi connectivity index (χ4v) is 3.68. The average molecular weight is 321 g/mol. The van der Waals surface area contributed by atoms with E-state index in [0.29, 0.717) is 0 Å². The number of thioether (sulfide) groups is 1. The zero-order chi connectivity index (χ0) is 14.0. The van der Waals surface area contributed by atoms with Gasteiger partial charge in [-0.25, -0.2) is 13.6 Å². The summed E-state index contributed by atoms with van der Waals surface area (Å²) in [5, 5.41) is 7.99. The summed E-state index contributed by atoms with van der Waals surface area (Å²) in [5.41, 5.74) is 0.273. The van der Waals surface area contributed by atoms with E-state index in [1.165, 1.54) is 18.2 Å². The highest BCUT2D eigenvalue weighted by atomic mass is 35.5. The van der Waals surface area contributed by atoms with Crippen LogP contribution in [0.15, 0.2) is 23.1 Å². The van der Waals surface area contributed by atoms with Gasteiger partial charge >= 0.3 is 0 Å². The molecule has 1 aromatic rings. The fraction of sp³-hybridized carbons (Fsp3) is 0.364. The molecule has 8 heteroatoms. The number of halogens is 1. The van der Waals surface area contributed by atoms with Crippen molar-refractivity contribution < 1.29 is 13.2 Å². The quantitative estimate of drug-likeness (QED) is 0.886. The first-order valence-electron chi connectivity index (χ1n) is 5.59. The molecule has 0 bridgehead atoms. The van der Waals surface area contributed by atoms with Gasteiger partial charge in [-0.15, -0.1) is 0 Å². The van der Waals surface area contributed by atoms with E-state index in [4.69, 9.17) is 16.7 Å². The number of carbonyl (C=O) groups excluding carboxylic acids is 1. The van der Waals surface area contributed by atoms with Crippen molar-refractivity contribution in [2.75, 3.05) is 16.8 Å². The zero-order valence-electron chi connectivity index (χ0n) is 9.93. The molecule has 1 saturated heterocycles. The Morgan fingerprint density at radius 2 is 2.21 bits per heavy atom. The highest BCUT2D eigenvalue weighted by Gasteiger charge is 2.24. The predicted octanol–water partition coefficient (Wildman–Crippen LogP) is 1.68. The lowest BCUT2D eigenvalue weighted by Gasteiger charge is -2.12. The second-order valence-electron chi connectivity index (χ2n) is 4.24. The van der Waals surface area contributed by atoms with Crippen molar-refractivity contribution in [3.05, 3.63) is 23.2 Å². The van der Waals surface area contributed by atoms with Gasteiger partial charge in [0.25, 0.3) is 0 Å². The van der Waals surface area contributed by atoms with E-state index >= 15 is 0 Å². The lowest BCUT2D eigenvalue weighted by atomic mass is 10.1. The fourth-order valence-electron chi connectivity index (χ4n) is 1.75. The Morgan fingerprint density at radius 1 is 1.47 bits per heavy atom. The van der Waals surface area contributed by atoms with Crippen LogP contribution < -0.4 is 10.5 Å². The van der Waals surface area contributed by atoms with E-state index in [1.807, 2.05) is 0 Å². The Balaban J connectivity index is 2.22. The molecule has 1 aliphatic heterocycles.